The molecule has 1 amide bonds. The van der Waals surface area contributed by atoms with Gasteiger partial charge in [0, 0.05) is 33.4 Å². The smallest absolute Gasteiger partial charge is 0.276 e. The Labute approximate surface area is 95.6 Å². The minimum absolute atomic E-state index is 0.139. The van der Waals surface area contributed by atoms with Crippen LogP contribution in [0.3, 0.4) is 0 Å². The van der Waals surface area contributed by atoms with Gasteiger partial charge in [-0.15, -0.1) is 0 Å². The van der Waals surface area contributed by atoms with E-state index in [4.69, 9.17) is 5.73 Å². The van der Waals surface area contributed by atoms with Crippen molar-refractivity contribution >= 4 is 11.6 Å². The van der Waals surface area contributed by atoms with Gasteiger partial charge >= 0.3 is 0 Å². The van der Waals surface area contributed by atoms with E-state index in [0.29, 0.717) is 17.9 Å². The average Bonchev–Trinajstić information content (AvgIpc) is 2.53. The monoisotopic (exact) mass is 225 g/mol. The van der Waals surface area contributed by atoms with Gasteiger partial charge in [-0.05, 0) is 14.1 Å². The number of likely N-dealkylation sites (N-methyl/N-ethyl adjacent to an activating group) is 2. The van der Waals surface area contributed by atoms with E-state index in [-0.39, 0.29) is 5.91 Å². The highest BCUT2D eigenvalue weighted by atomic mass is 16.2. The van der Waals surface area contributed by atoms with Crippen molar-refractivity contribution < 1.29 is 4.79 Å². The first-order chi connectivity index (χ1) is 7.41. The Hall–Kier alpha value is -1.56. The number of nitrogens with two attached hydrogens (primary N) is 1. The molecule has 90 valence electrons. The highest BCUT2D eigenvalue weighted by molar-refractivity contribution is 5.96. The second-order valence-corrected chi connectivity index (χ2v) is 4.14. The molecular weight excluding hydrogens is 206 g/mol. The molecule has 1 aromatic rings. The summed E-state index contributed by atoms with van der Waals surface area (Å²) in [6.07, 6.45) is 1.63. The van der Waals surface area contributed by atoms with Crippen molar-refractivity contribution in [2.75, 3.05) is 40.0 Å². The fourth-order valence-corrected chi connectivity index (χ4v) is 1.31. The first kappa shape index (κ1) is 12.5. The molecule has 1 rings (SSSR count). The molecule has 0 aliphatic heterocycles. The Morgan fingerprint density at radius 1 is 1.44 bits per heavy atom. The third kappa shape index (κ3) is 2.96. The molecule has 6 nitrogen and oxygen atoms in total. The summed E-state index contributed by atoms with van der Waals surface area (Å²) in [5.74, 6) is -0.139. The maximum atomic E-state index is 11.9. The molecule has 0 aliphatic rings. The lowest BCUT2D eigenvalue weighted by Crippen LogP contribution is -2.34. The van der Waals surface area contributed by atoms with Crippen LogP contribution in [-0.4, -0.2) is 59.7 Å². The summed E-state index contributed by atoms with van der Waals surface area (Å²) in [6, 6.07) is 0. The van der Waals surface area contributed by atoms with Crippen molar-refractivity contribution in [2.45, 2.75) is 0 Å². The third-order valence-electron chi connectivity index (χ3n) is 2.29. The molecule has 0 saturated heterocycles. The Kier molecular flexibility index (Phi) is 3.89. The van der Waals surface area contributed by atoms with Gasteiger partial charge in [0.05, 0.1) is 5.69 Å². The van der Waals surface area contributed by atoms with Crippen molar-refractivity contribution in [1.29, 1.82) is 0 Å². The highest BCUT2D eigenvalue weighted by Crippen LogP contribution is 2.10. The predicted molar refractivity (Wildman–Crippen MR) is 63.1 cm³/mol. The van der Waals surface area contributed by atoms with E-state index < -0.39 is 0 Å². The summed E-state index contributed by atoms with van der Waals surface area (Å²) < 4.78 is 1.54. The number of aromatic nitrogens is 2. The van der Waals surface area contributed by atoms with Crippen LogP contribution < -0.4 is 5.73 Å². The zero-order chi connectivity index (χ0) is 12.3. The van der Waals surface area contributed by atoms with Gasteiger partial charge in [0.25, 0.3) is 5.91 Å². The van der Waals surface area contributed by atoms with Gasteiger partial charge in [-0.25, -0.2) is 0 Å². The predicted octanol–water partition coefficient (Wildman–Crippen LogP) is -0.364. The molecule has 16 heavy (non-hydrogen) atoms. The lowest BCUT2D eigenvalue weighted by Gasteiger charge is -2.18. The van der Waals surface area contributed by atoms with Gasteiger partial charge in [0.1, 0.15) is 0 Å². The molecule has 0 radical (unpaired) electrons. The van der Waals surface area contributed by atoms with Crippen LogP contribution in [0.5, 0.6) is 0 Å². The standard InChI is InChI=1S/C10H19N5O/c1-13(2)5-6-14(3)10(16)9-8(11)7-15(4)12-9/h7H,5-6,11H2,1-4H3. The second-order valence-electron chi connectivity index (χ2n) is 4.14. The molecular formula is C10H19N5O. The average molecular weight is 225 g/mol. The van der Waals surface area contributed by atoms with Gasteiger partial charge in [0.2, 0.25) is 0 Å². The molecule has 2 N–H and O–H groups in total. The molecule has 0 atom stereocenters. The van der Waals surface area contributed by atoms with E-state index in [1.165, 1.54) is 0 Å². The third-order valence-corrected chi connectivity index (χ3v) is 2.29. The lowest BCUT2D eigenvalue weighted by atomic mass is 10.3. The fraction of sp³-hybridized carbons (Fsp3) is 0.600. The molecule has 0 unspecified atom stereocenters. The van der Waals surface area contributed by atoms with E-state index >= 15 is 0 Å². The number of hydrogen-bond donors (Lipinski definition) is 1. The van der Waals surface area contributed by atoms with Gasteiger partial charge < -0.3 is 15.5 Å². The number of nitrogens with zero attached hydrogens (tertiary/aromatic N) is 4. The van der Waals surface area contributed by atoms with Crippen LogP contribution in [0.15, 0.2) is 6.20 Å². The summed E-state index contributed by atoms with van der Waals surface area (Å²) in [7, 11) is 7.42. The van der Waals surface area contributed by atoms with Crippen LogP contribution in [0, 0.1) is 0 Å². The van der Waals surface area contributed by atoms with Crippen molar-refractivity contribution in [3.63, 3.8) is 0 Å². The summed E-state index contributed by atoms with van der Waals surface area (Å²) in [5, 5.41) is 4.05. The van der Waals surface area contributed by atoms with Crippen molar-refractivity contribution in [3.8, 4) is 0 Å². The van der Waals surface area contributed by atoms with Crippen LogP contribution >= 0.6 is 0 Å². The number of hydrogen-bond acceptors (Lipinski definition) is 4. The summed E-state index contributed by atoms with van der Waals surface area (Å²) in [4.78, 5) is 15.6. The van der Waals surface area contributed by atoms with Crippen LogP contribution in [0.1, 0.15) is 10.5 Å². The van der Waals surface area contributed by atoms with Crippen molar-refractivity contribution in [2.24, 2.45) is 7.05 Å². The maximum Gasteiger partial charge on any atom is 0.276 e. The maximum absolute atomic E-state index is 11.9. The van der Waals surface area contributed by atoms with E-state index in [1.807, 2.05) is 19.0 Å². The lowest BCUT2D eigenvalue weighted by molar-refractivity contribution is 0.0780. The van der Waals surface area contributed by atoms with E-state index in [2.05, 4.69) is 5.10 Å². The minimum Gasteiger partial charge on any atom is -0.396 e. The number of aryl methyl sites for hydroxylation is 1. The number of nitrogen functional groups attached to an aromatic ring is 1. The van der Waals surface area contributed by atoms with Gasteiger partial charge in [0.15, 0.2) is 5.69 Å². The minimum atomic E-state index is -0.139. The first-order valence-corrected chi connectivity index (χ1v) is 5.11. The van der Waals surface area contributed by atoms with Gasteiger partial charge in [-0.3, -0.25) is 9.48 Å². The normalized spacial score (nSPS) is 10.8. The van der Waals surface area contributed by atoms with Gasteiger partial charge in [-0.1, -0.05) is 0 Å². The van der Waals surface area contributed by atoms with Crippen molar-refractivity contribution in [3.05, 3.63) is 11.9 Å². The van der Waals surface area contributed by atoms with E-state index in [0.717, 1.165) is 6.54 Å². The molecule has 0 aromatic carbocycles. The molecule has 0 aliphatic carbocycles. The Balaban J connectivity index is 2.67. The topological polar surface area (TPSA) is 67.4 Å². The Morgan fingerprint density at radius 3 is 2.50 bits per heavy atom. The summed E-state index contributed by atoms with van der Waals surface area (Å²) in [6.45, 7) is 1.47. The number of rotatable bonds is 4. The molecule has 0 bridgehead atoms. The molecule has 6 heteroatoms. The quantitative estimate of drug-likeness (QED) is 0.759. The van der Waals surface area contributed by atoms with E-state index in [9.17, 15) is 4.79 Å². The largest absolute Gasteiger partial charge is 0.396 e. The first-order valence-electron chi connectivity index (χ1n) is 5.11. The summed E-state index contributed by atoms with van der Waals surface area (Å²) >= 11 is 0. The molecule has 0 saturated carbocycles. The summed E-state index contributed by atoms with van der Waals surface area (Å²) in [5.41, 5.74) is 6.44. The zero-order valence-electron chi connectivity index (χ0n) is 10.3. The number of anilines is 1. The fourth-order valence-electron chi connectivity index (χ4n) is 1.31. The second kappa shape index (κ2) is 4.98. The van der Waals surface area contributed by atoms with Crippen LogP contribution in [-0.2, 0) is 7.05 Å². The Bertz CT molecular complexity index is 371. The zero-order valence-corrected chi connectivity index (χ0v) is 10.3. The number of amides is 1. The van der Waals surface area contributed by atoms with Crippen LogP contribution in [0.4, 0.5) is 5.69 Å². The van der Waals surface area contributed by atoms with Crippen LogP contribution in [0.25, 0.3) is 0 Å². The molecule has 1 heterocycles. The molecule has 0 spiro atoms. The van der Waals surface area contributed by atoms with Gasteiger partial charge in [-0.2, -0.15) is 5.10 Å². The number of carbonyl (C=O) groups excluding carboxylic acids is 1. The molecule has 1 aromatic heterocycles. The Morgan fingerprint density at radius 2 is 2.06 bits per heavy atom. The van der Waals surface area contributed by atoms with Crippen molar-refractivity contribution in [1.82, 2.24) is 19.6 Å². The molecule has 0 fully saturated rings. The number of carbonyl (C=O) groups is 1. The SMILES string of the molecule is CN(C)CCN(C)C(=O)c1nn(C)cc1N. The van der Waals surface area contributed by atoms with Crippen LogP contribution in [0.2, 0.25) is 0 Å². The van der Waals surface area contributed by atoms with E-state index in [1.54, 1.807) is 29.9 Å². The highest BCUT2D eigenvalue weighted by Gasteiger charge is 2.17.